The second kappa shape index (κ2) is 5.67. The van der Waals surface area contributed by atoms with E-state index in [1.54, 1.807) is 12.1 Å². The van der Waals surface area contributed by atoms with Crippen LogP contribution in [-0.2, 0) is 0 Å². The Kier molecular flexibility index (Phi) is 4.71. The highest BCUT2D eigenvalue weighted by molar-refractivity contribution is 7.80. The Hall–Kier alpha value is -1.13. The minimum absolute atomic E-state index is 0.215. The van der Waals surface area contributed by atoms with Crippen molar-refractivity contribution < 1.29 is 4.79 Å². The number of halogens is 1. The smallest absolute Gasteiger partial charge is 0.252 e. The van der Waals surface area contributed by atoms with Crippen molar-refractivity contribution in [1.82, 2.24) is 5.32 Å². The number of aryl methyl sites for hydroxylation is 1. The van der Waals surface area contributed by atoms with Crippen LogP contribution in [0.5, 0.6) is 0 Å². The van der Waals surface area contributed by atoms with Gasteiger partial charge in [-0.25, -0.2) is 0 Å². The highest BCUT2D eigenvalue weighted by Crippen LogP contribution is 2.20. The molecule has 0 radical (unpaired) electrons. The topological polar surface area (TPSA) is 55.1 Å². The average molecular weight is 285 g/mol. The fourth-order valence-corrected chi connectivity index (χ4v) is 1.59. The Labute approximate surface area is 118 Å². The van der Waals surface area contributed by atoms with Crippen molar-refractivity contribution >= 4 is 34.7 Å². The third-order valence-corrected chi connectivity index (χ3v) is 3.85. The van der Waals surface area contributed by atoms with Gasteiger partial charge in [0.25, 0.3) is 5.91 Å². The standard InChI is InChI=1S/C13H17ClN2OS/c1-8-5-4-6-9(10(8)14)11(17)16-7-13(2,3)12(15)18/h4-6H,7H2,1-3H3,(H2,15,18)(H,16,17). The van der Waals surface area contributed by atoms with Gasteiger partial charge in [-0.3, -0.25) is 4.79 Å². The highest BCUT2D eigenvalue weighted by atomic mass is 35.5. The van der Waals surface area contributed by atoms with Gasteiger partial charge in [0.05, 0.1) is 15.6 Å². The number of carbonyl (C=O) groups is 1. The van der Waals surface area contributed by atoms with E-state index in [4.69, 9.17) is 29.6 Å². The van der Waals surface area contributed by atoms with E-state index in [0.29, 0.717) is 22.1 Å². The first-order valence-electron chi connectivity index (χ1n) is 5.59. The largest absolute Gasteiger partial charge is 0.393 e. The Morgan fingerprint density at radius 1 is 1.50 bits per heavy atom. The molecule has 0 unspecified atom stereocenters. The van der Waals surface area contributed by atoms with Crippen LogP contribution in [0.2, 0.25) is 5.02 Å². The molecule has 0 aromatic heterocycles. The quantitative estimate of drug-likeness (QED) is 0.836. The Bertz CT molecular complexity index is 486. The number of thiocarbonyl (C=S) groups is 1. The molecular formula is C13H17ClN2OS. The molecule has 1 aromatic rings. The molecule has 0 aliphatic carbocycles. The first kappa shape index (κ1) is 14.9. The number of hydrogen-bond acceptors (Lipinski definition) is 2. The summed E-state index contributed by atoms with van der Waals surface area (Å²) in [4.78, 5) is 12.4. The molecule has 0 aliphatic rings. The summed E-state index contributed by atoms with van der Waals surface area (Å²) in [5.41, 5.74) is 6.53. The highest BCUT2D eigenvalue weighted by Gasteiger charge is 2.23. The van der Waals surface area contributed by atoms with Crippen molar-refractivity contribution in [3.63, 3.8) is 0 Å². The molecule has 3 nitrogen and oxygen atoms in total. The molecule has 0 spiro atoms. The van der Waals surface area contributed by atoms with Gasteiger partial charge in [-0.15, -0.1) is 0 Å². The van der Waals surface area contributed by atoms with E-state index in [1.165, 1.54) is 0 Å². The van der Waals surface area contributed by atoms with Crippen molar-refractivity contribution in [3.05, 3.63) is 34.3 Å². The predicted molar refractivity (Wildman–Crippen MR) is 79.1 cm³/mol. The summed E-state index contributed by atoms with van der Waals surface area (Å²) in [7, 11) is 0. The second-order valence-electron chi connectivity index (χ2n) is 4.87. The van der Waals surface area contributed by atoms with E-state index >= 15 is 0 Å². The molecule has 1 rings (SSSR count). The molecule has 0 heterocycles. The summed E-state index contributed by atoms with van der Waals surface area (Å²) in [5.74, 6) is -0.215. The van der Waals surface area contributed by atoms with Gasteiger partial charge >= 0.3 is 0 Å². The van der Waals surface area contributed by atoms with E-state index in [-0.39, 0.29) is 5.91 Å². The molecule has 98 valence electrons. The number of benzene rings is 1. The molecule has 0 aliphatic heterocycles. The summed E-state index contributed by atoms with van der Waals surface area (Å²) in [6.07, 6.45) is 0. The molecule has 0 saturated heterocycles. The monoisotopic (exact) mass is 284 g/mol. The number of carbonyl (C=O) groups excluding carboxylic acids is 1. The second-order valence-corrected chi connectivity index (χ2v) is 5.69. The van der Waals surface area contributed by atoms with Crippen LogP contribution in [0, 0.1) is 12.3 Å². The molecule has 0 atom stereocenters. The number of amides is 1. The van der Waals surface area contributed by atoms with Crippen LogP contribution in [0.4, 0.5) is 0 Å². The molecule has 1 aromatic carbocycles. The molecule has 1 amide bonds. The normalized spacial score (nSPS) is 11.1. The Morgan fingerprint density at radius 3 is 2.67 bits per heavy atom. The van der Waals surface area contributed by atoms with E-state index in [9.17, 15) is 4.79 Å². The van der Waals surface area contributed by atoms with Gasteiger partial charge in [0.15, 0.2) is 0 Å². The summed E-state index contributed by atoms with van der Waals surface area (Å²) < 4.78 is 0. The molecule has 3 N–H and O–H groups in total. The van der Waals surface area contributed by atoms with E-state index in [2.05, 4.69) is 5.32 Å². The van der Waals surface area contributed by atoms with Crippen LogP contribution < -0.4 is 11.1 Å². The average Bonchev–Trinajstić information content (AvgIpc) is 2.29. The molecule has 0 fully saturated rings. The predicted octanol–water partition coefficient (Wildman–Crippen LogP) is 2.69. The van der Waals surface area contributed by atoms with Gasteiger partial charge in [-0.05, 0) is 18.6 Å². The zero-order valence-corrected chi connectivity index (χ0v) is 12.3. The molecule has 18 heavy (non-hydrogen) atoms. The number of rotatable bonds is 4. The van der Waals surface area contributed by atoms with Gasteiger partial charge in [-0.1, -0.05) is 49.8 Å². The summed E-state index contributed by atoms with van der Waals surface area (Å²) in [6, 6.07) is 5.35. The summed E-state index contributed by atoms with van der Waals surface area (Å²) in [5, 5.41) is 3.27. The summed E-state index contributed by atoms with van der Waals surface area (Å²) >= 11 is 11.0. The minimum atomic E-state index is -0.415. The first-order chi connectivity index (χ1) is 8.25. The van der Waals surface area contributed by atoms with Crippen LogP contribution in [-0.4, -0.2) is 17.4 Å². The molecular weight excluding hydrogens is 268 g/mol. The van der Waals surface area contributed by atoms with Crippen molar-refractivity contribution in [2.45, 2.75) is 20.8 Å². The first-order valence-corrected chi connectivity index (χ1v) is 6.37. The minimum Gasteiger partial charge on any atom is -0.393 e. The van der Waals surface area contributed by atoms with Crippen molar-refractivity contribution in [2.75, 3.05) is 6.54 Å². The van der Waals surface area contributed by atoms with Gasteiger partial charge in [0.2, 0.25) is 0 Å². The van der Waals surface area contributed by atoms with Crippen LogP contribution in [0.25, 0.3) is 0 Å². The van der Waals surface area contributed by atoms with Crippen LogP contribution in [0.1, 0.15) is 29.8 Å². The van der Waals surface area contributed by atoms with Crippen molar-refractivity contribution in [2.24, 2.45) is 11.1 Å². The van der Waals surface area contributed by atoms with E-state index in [1.807, 2.05) is 26.8 Å². The maximum Gasteiger partial charge on any atom is 0.252 e. The maximum absolute atomic E-state index is 12.0. The molecule has 0 bridgehead atoms. The van der Waals surface area contributed by atoms with Gasteiger partial charge < -0.3 is 11.1 Å². The zero-order chi connectivity index (χ0) is 13.9. The fraction of sp³-hybridized carbons (Fsp3) is 0.385. The van der Waals surface area contributed by atoms with Crippen molar-refractivity contribution in [3.8, 4) is 0 Å². The van der Waals surface area contributed by atoms with Crippen LogP contribution >= 0.6 is 23.8 Å². The lowest BCUT2D eigenvalue weighted by Crippen LogP contribution is -2.41. The zero-order valence-electron chi connectivity index (χ0n) is 10.7. The number of nitrogens with two attached hydrogens (primary N) is 1. The lowest BCUT2D eigenvalue weighted by atomic mass is 9.93. The van der Waals surface area contributed by atoms with Crippen molar-refractivity contribution in [1.29, 1.82) is 0 Å². The molecule has 5 heteroatoms. The van der Waals surface area contributed by atoms with Gasteiger partial charge in [-0.2, -0.15) is 0 Å². The van der Waals surface area contributed by atoms with Gasteiger partial charge in [0, 0.05) is 12.0 Å². The van der Waals surface area contributed by atoms with E-state index in [0.717, 1.165) is 5.56 Å². The lowest BCUT2D eigenvalue weighted by Gasteiger charge is -2.23. The lowest BCUT2D eigenvalue weighted by molar-refractivity contribution is 0.0945. The number of hydrogen-bond donors (Lipinski definition) is 2. The molecule has 0 saturated carbocycles. The van der Waals surface area contributed by atoms with E-state index < -0.39 is 5.41 Å². The third-order valence-electron chi connectivity index (χ3n) is 2.79. The van der Waals surface area contributed by atoms with Gasteiger partial charge in [0.1, 0.15) is 0 Å². The number of nitrogens with one attached hydrogen (secondary N) is 1. The fourth-order valence-electron chi connectivity index (χ4n) is 1.31. The maximum atomic E-state index is 12.0. The summed E-state index contributed by atoms with van der Waals surface area (Å²) in [6.45, 7) is 6.00. The third kappa shape index (κ3) is 3.43. The SMILES string of the molecule is Cc1cccc(C(=O)NCC(C)(C)C(N)=S)c1Cl. The Balaban J connectivity index is 2.78. The van der Waals surface area contributed by atoms with Crippen LogP contribution in [0.15, 0.2) is 18.2 Å². The van der Waals surface area contributed by atoms with Crippen LogP contribution in [0.3, 0.4) is 0 Å². The Morgan fingerprint density at radius 2 is 2.11 bits per heavy atom.